The number of piperazine rings is 1. The van der Waals surface area contributed by atoms with Crippen LogP contribution in [0, 0.1) is 0 Å². The van der Waals surface area contributed by atoms with Crippen molar-refractivity contribution in [3.63, 3.8) is 0 Å². The van der Waals surface area contributed by atoms with E-state index < -0.39 is 0 Å². The topological polar surface area (TPSA) is 62.5 Å². The third kappa shape index (κ3) is 4.94. The summed E-state index contributed by atoms with van der Waals surface area (Å²) in [6.45, 7) is 4.28. The average Bonchev–Trinajstić information content (AvgIpc) is 2.58. The third-order valence-electron chi connectivity index (χ3n) is 4.19. The highest BCUT2D eigenvalue weighted by atomic mass is 35.5. The maximum atomic E-state index is 12.4. The van der Waals surface area contributed by atoms with Crippen molar-refractivity contribution in [2.24, 2.45) is 0 Å². The molecule has 1 aromatic carbocycles. The highest BCUT2D eigenvalue weighted by Gasteiger charge is 2.21. The molecule has 1 fully saturated rings. The van der Waals surface area contributed by atoms with Crippen LogP contribution in [0.4, 0.5) is 5.69 Å². The minimum atomic E-state index is 0. The lowest BCUT2D eigenvalue weighted by Crippen LogP contribution is -2.48. The quantitative estimate of drug-likeness (QED) is 0.860. The Morgan fingerprint density at radius 3 is 2.38 bits per heavy atom. The van der Waals surface area contributed by atoms with Gasteiger partial charge in [0.2, 0.25) is 5.91 Å². The molecule has 5 nitrogen and oxygen atoms in total. The number of nitrogens with two attached hydrogens (primary N) is 1. The van der Waals surface area contributed by atoms with E-state index in [1.54, 1.807) is 6.20 Å². The lowest BCUT2D eigenvalue weighted by atomic mass is 10.1. The second-order valence-electron chi connectivity index (χ2n) is 5.94. The number of rotatable bonds is 4. The number of hydrogen-bond donors (Lipinski definition) is 1. The molecule has 2 heterocycles. The van der Waals surface area contributed by atoms with Crippen LogP contribution in [0.3, 0.4) is 0 Å². The van der Waals surface area contributed by atoms with Crippen LogP contribution in [-0.2, 0) is 17.8 Å². The lowest BCUT2D eigenvalue weighted by molar-refractivity contribution is -0.132. The zero-order valence-corrected chi connectivity index (χ0v) is 14.4. The van der Waals surface area contributed by atoms with Crippen molar-refractivity contribution >= 4 is 24.0 Å². The molecule has 6 heteroatoms. The van der Waals surface area contributed by atoms with Crippen molar-refractivity contribution in [2.45, 2.75) is 13.0 Å². The molecule has 0 atom stereocenters. The highest BCUT2D eigenvalue weighted by molar-refractivity contribution is 5.85. The molecule has 1 amide bonds. The molecule has 0 aliphatic carbocycles. The Morgan fingerprint density at radius 1 is 1.04 bits per heavy atom. The number of carbonyl (C=O) groups is 1. The van der Waals surface area contributed by atoms with Gasteiger partial charge in [0.25, 0.3) is 0 Å². The molecule has 1 aliphatic rings. The van der Waals surface area contributed by atoms with Crippen molar-refractivity contribution in [1.29, 1.82) is 0 Å². The van der Waals surface area contributed by atoms with Gasteiger partial charge in [-0.3, -0.25) is 14.7 Å². The van der Waals surface area contributed by atoms with Gasteiger partial charge >= 0.3 is 0 Å². The smallest absolute Gasteiger partial charge is 0.227 e. The SMILES string of the molecule is Cl.Nc1ccc(CC(=O)N2CCN(Cc3cccnc3)CC2)cc1. The molecule has 0 radical (unpaired) electrons. The minimum absolute atomic E-state index is 0. The van der Waals surface area contributed by atoms with Crippen LogP contribution in [-0.4, -0.2) is 46.9 Å². The number of halogens is 1. The van der Waals surface area contributed by atoms with Crippen LogP contribution >= 0.6 is 12.4 Å². The first kappa shape index (κ1) is 18.2. The van der Waals surface area contributed by atoms with Crippen LogP contribution in [0.25, 0.3) is 0 Å². The summed E-state index contributed by atoms with van der Waals surface area (Å²) in [5.74, 6) is 0.191. The fourth-order valence-electron chi connectivity index (χ4n) is 2.83. The number of benzene rings is 1. The summed E-state index contributed by atoms with van der Waals surface area (Å²) in [6, 6.07) is 11.6. The normalized spacial score (nSPS) is 14.9. The maximum Gasteiger partial charge on any atom is 0.227 e. The predicted octanol–water partition coefficient (Wildman–Crippen LogP) is 1.97. The Morgan fingerprint density at radius 2 is 1.75 bits per heavy atom. The van der Waals surface area contributed by atoms with E-state index >= 15 is 0 Å². The molecule has 3 rings (SSSR count). The van der Waals surface area contributed by atoms with E-state index in [0.29, 0.717) is 6.42 Å². The highest BCUT2D eigenvalue weighted by Crippen LogP contribution is 2.11. The Bertz CT molecular complexity index is 640. The first-order chi connectivity index (χ1) is 11.2. The number of aromatic nitrogens is 1. The number of amides is 1. The standard InChI is InChI=1S/C18H22N4O.ClH/c19-17-5-3-15(4-6-17)12-18(23)22-10-8-21(9-11-22)14-16-2-1-7-20-13-16;/h1-7,13H,8-12,14,19H2;1H. The maximum absolute atomic E-state index is 12.4. The minimum Gasteiger partial charge on any atom is -0.399 e. The van der Waals surface area contributed by atoms with E-state index in [1.807, 2.05) is 41.4 Å². The van der Waals surface area contributed by atoms with Crippen LogP contribution in [0.2, 0.25) is 0 Å². The number of anilines is 1. The fourth-order valence-corrected chi connectivity index (χ4v) is 2.83. The summed E-state index contributed by atoms with van der Waals surface area (Å²) in [6.07, 6.45) is 4.14. The molecule has 0 bridgehead atoms. The van der Waals surface area contributed by atoms with Gasteiger partial charge in [0.1, 0.15) is 0 Å². The van der Waals surface area contributed by atoms with Crippen molar-refractivity contribution in [2.75, 3.05) is 31.9 Å². The molecule has 0 spiro atoms. The molecular formula is C18H23ClN4O. The number of nitrogen functional groups attached to an aromatic ring is 1. The number of hydrogen-bond acceptors (Lipinski definition) is 4. The summed E-state index contributed by atoms with van der Waals surface area (Å²) >= 11 is 0. The van der Waals surface area contributed by atoms with Gasteiger partial charge < -0.3 is 10.6 Å². The fraction of sp³-hybridized carbons (Fsp3) is 0.333. The summed E-state index contributed by atoms with van der Waals surface area (Å²) in [5.41, 5.74) is 8.63. The molecule has 128 valence electrons. The Balaban J connectivity index is 0.00000208. The van der Waals surface area contributed by atoms with Crippen molar-refractivity contribution < 1.29 is 4.79 Å². The zero-order chi connectivity index (χ0) is 16.1. The largest absolute Gasteiger partial charge is 0.399 e. The molecule has 0 saturated carbocycles. The summed E-state index contributed by atoms with van der Waals surface area (Å²) < 4.78 is 0. The summed E-state index contributed by atoms with van der Waals surface area (Å²) in [7, 11) is 0. The van der Waals surface area contributed by atoms with E-state index in [4.69, 9.17) is 5.73 Å². The molecule has 1 saturated heterocycles. The van der Waals surface area contributed by atoms with Crippen LogP contribution in [0.1, 0.15) is 11.1 Å². The van der Waals surface area contributed by atoms with E-state index in [0.717, 1.165) is 44.0 Å². The lowest BCUT2D eigenvalue weighted by Gasteiger charge is -2.34. The molecule has 2 aromatic rings. The van der Waals surface area contributed by atoms with Gasteiger partial charge in [0.15, 0.2) is 0 Å². The number of pyridine rings is 1. The second-order valence-corrected chi connectivity index (χ2v) is 5.94. The number of nitrogens with zero attached hydrogens (tertiary/aromatic N) is 3. The molecule has 1 aromatic heterocycles. The van der Waals surface area contributed by atoms with Gasteiger partial charge in [-0.15, -0.1) is 12.4 Å². The van der Waals surface area contributed by atoms with Gasteiger partial charge in [-0.1, -0.05) is 18.2 Å². The van der Waals surface area contributed by atoms with Crippen LogP contribution in [0.5, 0.6) is 0 Å². The van der Waals surface area contributed by atoms with Gasteiger partial charge in [-0.05, 0) is 29.3 Å². The van der Waals surface area contributed by atoms with Gasteiger partial charge in [0.05, 0.1) is 6.42 Å². The molecule has 1 aliphatic heterocycles. The Hall–Kier alpha value is -2.11. The van der Waals surface area contributed by atoms with Gasteiger partial charge in [0, 0.05) is 50.8 Å². The van der Waals surface area contributed by atoms with Crippen LogP contribution < -0.4 is 5.73 Å². The van der Waals surface area contributed by atoms with E-state index in [9.17, 15) is 4.79 Å². The van der Waals surface area contributed by atoms with E-state index in [1.165, 1.54) is 5.56 Å². The predicted molar refractivity (Wildman–Crippen MR) is 97.9 cm³/mol. The first-order valence-corrected chi connectivity index (χ1v) is 7.94. The van der Waals surface area contributed by atoms with Crippen molar-refractivity contribution in [3.8, 4) is 0 Å². The summed E-state index contributed by atoms with van der Waals surface area (Å²) in [5, 5.41) is 0. The Labute approximate surface area is 148 Å². The van der Waals surface area contributed by atoms with E-state index in [-0.39, 0.29) is 18.3 Å². The first-order valence-electron chi connectivity index (χ1n) is 7.94. The van der Waals surface area contributed by atoms with Gasteiger partial charge in [-0.25, -0.2) is 0 Å². The zero-order valence-electron chi connectivity index (χ0n) is 13.6. The third-order valence-corrected chi connectivity index (χ3v) is 4.19. The summed E-state index contributed by atoms with van der Waals surface area (Å²) in [4.78, 5) is 20.8. The average molecular weight is 347 g/mol. The van der Waals surface area contributed by atoms with Crippen LogP contribution in [0.15, 0.2) is 48.8 Å². The number of carbonyl (C=O) groups excluding carboxylic acids is 1. The molecular weight excluding hydrogens is 324 g/mol. The Kier molecular flexibility index (Phi) is 6.58. The monoisotopic (exact) mass is 346 g/mol. The van der Waals surface area contributed by atoms with E-state index in [2.05, 4.69) is 16.0 Å². The van der Waals surface area contributed by atoms with Crippen molar-refractivity contribution in [1.82, 2.24) is 14.8 Å². The van der Waals surface area contributed by atoms with Crippen molar-refractivity contribution in [3.05, 3.63) is 59.9 Å². The van der Waals surface area contributed by atoms with Gasteiger partial charge in [-0.2, -0.15) is 0 Å². The molecule has 2 N–H and O–H groups in total. The molecule has 0 unspecified atom stereocenters. The second kappa shape index (κ2) is 8.66. The molecule has 24 heavy (non-hydrogen) atoms.